The zero-order valence-corrected chi connectivity index (χ0v) is 8.43. The van der Waals surface area contributed by atoms with E-state index in [4.69, 9.17) is 0 Å². The minimum Gasteiger partial charge on any atom is -1.00 e. The number of amides is 2. The Bertz CT molecular complexity index is 151. The number of ether oxygens (including phenoxy) is 1. The second-order valence-corrected chi connectivity index (χ2v) is 1.54. The molecule has 0 spiro atoms. The number of alkyl carbamates (subject to hydrolysis) is 1. The molecule has 0 bridgehead atoms. The van der Waals surface area contributed by atoms with E-state index in [0.717, 1.165) is 0 Å². The molecule has 1 rings (SSSR count). The molecule has 1 saturated heterocycles. The molecule has 1 heterocycles. The number of hydrogen-bond acceptors (Lipinski definition) is 3. The Balaban J connectivity index is 0. The largest absolute Gasteiger partial charge is 1.00 e. The van der Waals surface area contributed by atoms with Crippen molar-refractivity contribution in [2.75, 3.05) is 0 Å². The molecule has 0 aromatic heterocycles. The van der Waals surface area contributed by atoms with Crippen molar-refractivity contribution < 1.29 is 67.1 Å². The second kappa shape index (κ2) is 3.67. The summed E-state index contributed by atoms with van der Waals surface area (Å²) in [6.45, 7) is 1.51. The third-order valence-electron chi connectivity index (χ3n) is 0.878. The van der Waals surface area contributed by atoms with Gasteiger partial charge in [0.15, 0.2) is 6.10 Å². The SMILES string of the molecule is CC1OC(=O)NC1=O.[H-].[K+]. The van der Waals surface area contributed by atoms with Gasteiger partial charge in [-0.15, -0.1) is 0 Å². The van der Waals surface area contributed by atoms with Crippen LogP contribution in [0.15, 0.2) is 0 Å². The summed E-state index contributed by atoms with van der Waals surface area (Å²) in [5.74, 6) is -0.366. The number of carbonyl (C=O) groups is 2. The van der Waals surface area contributed by atoms with Crippen LogP contribution in [-0.2, 0) is 9.53 Å². The van der Waals surface area contributed by atoms with Gasteiger partial charge in [-0.05, 0) is 6.92 Å². The summed E-state index contributed by atoms with van der Waals surface area (Å²) in [4.78, 5) is 20.4. The van der Waals surface area contributed by atoms with Gasteiger partial charge in [-0.1, -0.05) is 0 Å². The molecule has 1 aliphatic rings. The predicted octanol–water partition coefficient (Wildman–Crippen LogP) is -3.24. The van der Waals surface area contributed by atoms with E-state index in [1.54, 1.807) is 0 Å². The Hall–Kier alpha value is 0.576. The van der Waals surface area contributed by atoms with Crippen molar-refractivity contribution in [3.05, 3.63) is 0 Å². The second-order valence-electron chi connectivity index (χ2n) is 1.54. The molecule has 9 heavy (non-hydrogen) atoms. The number of nitrogens with one attached hydrogen (secondary N) is 1. The Morgan fingerprint density at radius 3 is 2.33 bits per heavy atom. The first-order valence-corrected chi connectivity index (χ1v) is 2.21. The van der Waals surface area contributed by atoms with Crippen molar-refractivity contribution in [2.24, 2.45) is 0 Å². The van der Waals surface area contributed by atoms with Crippen LogP contribution in [-0.4, -0.2) is 18.1 Å². The van der Waals surface area contributed by atoms with Crippen LogP contribution in [0.4, 0.5) is 4.79 Å². The summed E-state index contributed by atoms with van der Waals surface area (Å²) in [5.41, 5.74) is 0. The fourth-order valence-corrected chi connectivity index (χ4v) is 0.446. The molecule has 1 atom stereocenters. The molecule has 1 fully saturated rings. The van der Waals surface area contributed by atoms with E-state index in [2.05, 4.69) is 4.74 Å². The summed E-state index contributed by atoms with van der Waals surface area (Å²) in [6, 6.07) is 0. The third kappa shape index (κ3) is 2.35. The van der Waals surface area contributed by atoms with Crippen molar-refractivity contribution in [3.63, 3.8) is 0 Å². The Morgan fingerprint density at radius 2 is 2.22 bits per heavy atom. The molecule has 5 heteroatoms. The maximum atomic E-state index is 10.3. The maximum Gasteiger partial charge on any atom is 1.00 e. The van der Waals surface area contributed by atoms with E-state index in [0.29, 0.717) is 0 Å². The van der Waals surface area contributed by atoms with Crippen LogP contribution >= 0.6 is 0 Å². The van der Waals surface area contributed by atoms with Crippen LogP contribution in [0.2, 0.25) is 0 Å². The van der Waals surface area contributed by atoms with Gasteiger partial charge in [0, 0.05) is 0 Å². The van der Waals surface area contributed by atoms with Gasteiger partial charge in [-0.2, -0.15) is 0 Å². The molecule has 46 valence electrons. The van der Waals surface area contributed by atoms with Gasteiger partial charge in [0.2, 0.25) is 0 Å². The van der Waals surface area contributed by atoms with Crippen molar-refractivity contribution in [1.82, 2.24) is 5.32 Å². The van der Waals surface area contributed by atoms with Gasteiger partial charge in [-0.25, -0.2) is 4.79 Å². The average Bonchev–Trinajstić information content (AvgIpc) is 1.85. The summed E-state index contributed by atoms with van der Waals surface area (Å²) in [7, 11) is 0. The van der Waals surface area contributed by atoms with Crippen molar-refractivity contribution in [3.8, 4) is 0 Å². The summed E-state index contributed by atoms with van der Waals surface area (Å²) < 4.78 is 4.37. The Morgan fingerprint density at radius 1 is 1.67 bits per heavy atom. The van der Waals surface area contributed by atoms with Crippen LogP contribution in [0.1, 0.15) is 8.35 Å². The van der Waals surface area contributed by atoms with Gasteiger partial charge in [0.25, 0.3) is 5.91 Å². The third-order valence-corrected chi connectivity index (χ3v) is 0.878. The minimum atomic E-state index is -0.650. The van der Waals surface area contributed by atoms with Gasteiger partial charge >= 0.3 is 57.5 Å². The van der Waals surface area contributed by atoms with Crippen LogP contribution in [0.25, 0.3) is 0 Å². The zero-order chi connectivity index (χ0) is 6.15. The first-order chi connectivity index (χ1) is 3.70. The number of hydrogen-bond donors (Lipinski definition) is 1. The topological polar surface area (TPSA) is 55.4 Å². The van der Waals surface area contributed by atoms with E-state index in [1.807, 2.05) is 5.32 Å². The van der Waals surface area contributed by atoms with Gasteiger partial charge in [0.1, 0.15) is 0 Å². The normalized spacial score (nSPS) is 24.3. The number of carbonyl (C=O) groups excluding carboxylic acids is 2. The Kier molecular flexibility index (Phi) is 3.91. The van der Waals surface area contributed by atoms with E-state index < -0.39 is 12.2 Å². The van der Waals surface area contributed by atoms with Crippen LogP contribution < -0.4 is 56.7 Å². The number of imide groups is 1. The van der Waals surface area contributed by atoms with Gasteiger partial charge in [-0.3, -0.25) is 10.1 Å². The van der Waals surface area contributed by atoms with Crippen molar-refractivity contribution >= 4 is 12.0 Å². The van der Waals surface area contributed by atoms with Gasteiger partial charge in [0.05, 0.1) is 0 Å². The molecule has 2 amide bonds. The Labute approximate surface area is 96.2 Å². The molecule has 1 unspecified atom stereocenters. The summed E-state index contributed by atoms with van der Waals surface area (Å²) in [6.07, 6.45) is -1.26. The molecular weight excluding hydrogens is 149 g/mol. The fourth-order valence-electron chi connectivity index (χ4n) is 0.446. The van der Waals surface area contributed by atoms with E-state index in [9.17, 15) is 9.59 Å². The van der Waals surface area contributed by atoms with Crippen LogP contribution in [0.5, 0.6) is 0 Å². The number of cyclic esters (lactones) is 1. The van der Waals surface area contributed by atoms with Crippen molar-refractivity contribution in [2.45, 2.75) is 13.0 Å². The van der Waals surface area contributed by atoms with Crippen LogP contribution in [0, 0.1) is 0 Å². The molecule has 1 N–H and O–H groups in total. The first kappa shape index (κ1) is 9.58. The van der Waals surface area contributed by atoms with Gasteiger partial charge < -0.3 is 6.16 Å². The molecule has 0 aromatic carbocycles. The molecule has 0 aromatic rings. The molecular formula is C4H6KNO3. The van der Waals surface area contributed by atoms with Crippen molar-refractivity contribution in [1.29, 1.82) is 0 Å². The standard InChI is InChI=1S/C4H5NO3.K.H/c1-2-3(6)5-4(7)8-2;;/h2H,1H3,(H,5,6,7);;/q;+1;-1. The monoisotopic (exact) mass is 155 g/mol. The summed E-state index contributed by atoms with van der Waals surface area (Å²) in [5, 5.41) is 1.97. The molecule has 0 aliphatic carbocycles. The smallest absolute Gasteiger partial charge is 1.00 e. The average molecular weight is 155 g/mol. The van der Waals surface area contributed by atoms with E-state index in [-0.39, 0.29) is 58.7 Å². The predicted molar refractivity (Wildman–Crippen MR) is 25.2 cm³/mol. The fraction of sp³-hybridized carbons (Fsp3) is 0.500. The quantitative estimate of drug-likeness (QED) is 0.374. The summed E-state index contributed by atoms with van der Waals surface area (Å²) >= 11 is 0. The molecule has 4 nitrogen and oxygen atoms in total. The zero-order valence-electron chi connectivity index (χ0n) is 6.30. The van der Waals surface area contributed by atoms with E-state index in [1.165, 1.54) is 6.92 Å². The van der Waals surface area contributed by atoms with Crippen LogP contribution in [0.3, 0.4) is 0 Å². The van der Waals surface area contributed by atoms with E-state index >= 15 is 0 Å². The number of rotatable bonds is 0. The molecule has 1 aliphatic heterocycles. The maximum absolute atomic E-state index is 10.3. The minimum absolute atomic E-state index is 0. The molecule has 0 radical (unpaired) electrons. The molecule has 0 saturated carbocycles. The first-order valence-electron chi connectivity index (χ1n) is 2.21.